The minimum absolute atomic E-state index is 0.0623. The maximum Gasteiger partial charge on any atom is 0.240 e. The zero-order chi connectivity index (χ0) is 17.2. The fraction of sp³-hybridized carbons (Fsp3) is 0.429. The summed E-state index contributed by atoms with van der Waals surface area (Å²) in [5.74, 6) is 5.76. The summed E-state index contributed by atoms with van der Waals surface area (Å²) in [5.41, 5.74) is 0. The molecule has 1 fully saturated rings. The van der Waals surface area contributed by atoms with Crippen molar-refractivity contribution in [1.29, 1.82) is 0 Å². The molecule has 0 bridgehead atoms. The van der Waals surface area contributed by atoms with Gasteiger partial charge in [0, 0.05) is 16.3 Å². The summed E-state index contributed by atoms with van der Waals surface area (Å²) in [5, 5.41) is 8.87. The first-order valence-electron chi connectivity index (χ1n) is 7.55. The molecular formula is C14H18ClN5O2S2. The third-order valence-corrected chi connectivity index (χ3v) is 7.06. The fourth-order valence-corrected chi connectivity index (χ4v) is 5.42. The number of nitrogen functional groups attached to an aromatic ring is 1. The van der Waals surface area contributed by atoms with Crippen molar-refractivity contribution in [2.75, 3.05) is 5.84 Å². The Bertz CT molecular complexity index is 794. The highest BCUT2D eigenvalue weighted by Gasteiger charge is 2.31. The third kappa shape index (κ3) is 4.02. The lowest BCUT2D eigenvalue weighted by Gasteiger charge is -2.31. The van der Waals surface area contributed by atoms with Gasteiger partial charge in [0.05, 0.1) is 4.90 Å². The van der Waals surface area contributed by atoms with E-state index in [1.807, 2.05) is 0 Å². The maximum atomic E-state index is 12.6. The van der Waals surface area contributed by atoms with Crippen molar-refractivity contribution in [2.24, 2.45) is 0 Å². The molecule has 130 valence electrons. The Morgan fingerprint density at radius 2 is 1.96 bits per heavy atom. The fourth-order valence-electron chi connectivity index (χ4n) is 2.71. The van der Waals surface area contributed by atoms with E-state index in [1.54, 1.807) is 12.1 Å². The van der Waals surface area contributed by atoms with E-state index in [0.29, 0.717) is 10.2 Å². The summed E-state index contributed by atoms with van der Waals surface area (Å²) < 4.78 is 29.4. The number of aromatic nitrogens is 3. The van der Waals surface area contributed by atoms with Gasteiger partial charge in [-0.05, 0) is 37.1 Å². The summed E-state index contributed by atoms with van der Waals surface area (Å²) in [6.07, 6.45) is 5.14. The van der Waals surface area contributed by atoms with Gasteiger partial charge < -0.3 is 5.84 Å². The zero-order valence-corrected chi connectivity index (χ0v) is 15.2. The Balaban J connectivity index is 1.75. The van der Waals surface area contributed by atoms with Gasteiger partial charge in [-0.1, -0.05) is 36.2 Å². The summed E-state index contributed by atoms with van der Waals surface area (Å²) in [7, 11) is -3.59. The minimum Gasteiger partial charge on any atom is -0.336 e. The number of nitrogens with zero attached hydrogens (tertiary/aromatic N) is 3. The first kappa shape index (κ1) is 17.5. The average Bonchev–Trinajstić information content (AvgIpc) is 2.94. The molecule has 3 rings (SSSR count). The zero-order valence-electron chi connectivity index (χ0n) is 12.8. The van der Waals surface area contributed by atoms with E-state index in [0.717, 1.165) is 25.7 Å². The van der Waals surface area contributed by atoms with E-state index in [2.05, 4.69) is 14.9 Å². The average molecular weight is 388 g/mol. The molecule has 1 aromatic carbocycles. The van der Waals surface area contributed by atoms with Crippen molar-refractivity contribution in [3.63, 3.8) is 0 Å². The van der Waals surface area contributed by atoms with E-state index in [4.69, 9.17) is 17.4 Å². The predicted octanol–water partition coefficient (Wildman–Crippen LogP) is 2.03. The summed E-state index contributed by atoms with van der Waals surface area (Å²) in [6.45, 7) is 0. The van der Waals surface area contributed by atoms with Gasteiger partial charge in [0.1, 0.15) is 6.33 Å². The van der Waals surface area contributed by atoms with Gasteiger partial charge in [0.25, 0.3) is 0 Å². The third-order valence-electron chi connectivity index (χ3n) is 3.93. The monoisotopic (exact) mass is 387 g/mol. The largest absolute Gasteiger partial charge is 0.336 e. The molecule has 1 aliphatic carbocycles. The van der Waals surface area contributed by atoms with Crippen LogP contribution < -0.4 is 10.6 Å². The van der Waals surface area contributed by atoms with Crippen LogP contribution in [0.3, 0.4) is 0 Å². The standard InChI is InChI=1S/C14H18ClN5O2S2/c15-10-5-7-11(8-6-10)24(21,22)19-12-3-1-2-4-13(12)23-14-18-17-9-20(14)16/h5-9,12-13,19H,1-4,16H2/t12-,13+/m1/s1. The van der Waals surface area contributed by atoms with Crippen LogP contribution in [0.2, 0.25) is 5.02 Å². The van der Waals surface area contributed by atoms with Crippen LogP contribution >= 0.6 is 23.4 Å². The Morgan fingerprint density at radius 3 is 2.62 bits per heavy atom. The lowest BCUT2D eigenvalue weighted by atomic mass is 9.96. The van der Waals surface area contributed by atoms with Crippen molar-refractivity contribution in [1.82, 2.24) is 19.6 Å². The minimum atomic E-state index is -3.59. The molecular weight excluding hydrogens is 370 g/mol. The molecule has 0 spiro atoms. The predicted molar refractivity (Wildman–Crippen MR) is 93.8 cm³/mol. The number of nitrogens with two attached hydrogens (primary N) is 1. The van der Waals surface area contributed by atoms with Crippen molar-refractivity contribution >= 4 is 33.4 Å². The van der Waals surface area contributed by atoms with Gasteiger partial charge in [-0.15, -0.1) is 10.2 Å². The van der Waals surface area contributed by atoms with Gasteiger partial charge in [-0.3, -0.25) is 0 Å². The second-order valence-corrected chi connectivity index (χ2v) is 9.00. The molecule has 0 radical (unpaired) electrons. The van der Waals surface area contributed by atoms with Crippen LogP contribution in [-0.2, 0) is 10.0 Å². The first-order valence-corrected chi connectivity index (χ1v) is 10.3. The first-order chi connectivity index (χ1) is 11.5. The van der Waals surface area contributed by atoms with Crippen LogP contribution in [0.15, 0.2) is 40.6 Å². The number of nitrogens with one attached hydrogen (secondary N) is 1. The van der Waals surface area contributed by atoms with Crippen molar-refractivity contribution < 1.29 is 8.42 Å². The maximum absolute atomic E-state index is 12.6. The second kappa shape index (κ2) is 7.30. The molecule has 10 heteroatoms. The topological polar surface area (TPSA) is 103 Å². The van der Waals surface area contributed by atoms with E-state index in [1.165, 1.54) is 34.9 Å². The quantitative estimate of drug-likeness (QED) is 0.761. The summed E-state index contributed by atoms with van der Waals surface area (Å²) in [6, 6.07) is 5.97. The van der Waals surface area contributed by atoms with Gasteiger partial charge in [-0.2, -0.15) is 0 Å². The van der Waals surface area contributed by atoms with Gasteiger partial charge >= 0.3 is 0 Å². The van der Waals surface area contributed by atoms with Crippen LogP contribution in [0.1, 0.15) is 25.7 Å². The Kier molecular flexibility index (Phi) is 5.33. The SMILES string of the molecule is Nn1cnnc1S[C@H]1CCCC[C@H]1NS(=O)(=O)c1ccc(Cl)cc1. The van der Waals surface area contributed by atoms with E-state index in [9.17, 15) is 8.42 Å². The number of sulfonamides is 1. The molecule has 2 atom stereocenters. The number of halogens is 1. The molecule has 24 heavy (non-hydrogen) atoms. The molecule has 2 aromatic rings. The highest BCUT2D eigenvalue weighted by Crippen LogP contribution is 2.33. The van der Waals surface area contributed by atoms with E-state index in [-0.39, 0.29) is 16.2 Å². The van der Waals surface area contributed by atoms with Crippen LogP contribution in [0, 0.1) is 0 Å². The van der Waals surface area contributed by atoms with Crippen molar-refractivity contribution in [2.45, 2.75) is 47.0 Å². The van der Waals surface area contributed by atoms with Crippen LogP contribution in [0.25, 0.3) is 0 Å². The number of hydrogen-bond acceptors (Lipinski definition) is 6. The molecule has 1 heterocycles. The highest BCUT2D eigenvalue weighted by molar-refractivity contribution is 7.99. The molecule has 7 nitrogen and oxygen atoms in total. The van der Waals surface area contributed by atoms with E-state index < -0.39 is 10.0 Å². The van der Waals surface area contributed by atoms with Crippen molar-refractivity contribution in [3.05, 3.63) is 35.6 Å². The van der Waals surface area contributed by atoms with Crippen LogP contribution in [-0.4, -0.2) is 34.6 Å². The lowest BCUT2D eigenvalue weighted by molar-refractivity contribution is 0.422. The number of hydrogen-bond donors (Lipinski definition) is 2. The molecule has 0 unspecified atom stereocenters. The molecule has 1 saturated carbocycles. The smallest absolute Gasteiger partial charge is 0.240 e. The van der Waals surface area contributed by atoms with Gasteiger partial charge in [0.2, 0.25) is 15.2 Å². The highest BCUT2D eigenvalue weighted by atomic mass is 35.5. The van der Waals surface area contributed by atoms with Crippen molar-refractivity contribution in [3.8, 4) is 0 Å². The molecule has 0 saturated heterocycles. The van der Waals surface area contributed by atoms with Gasteiger partial charge in [-0.25, -0.2) is 17.8 Å². The normalized spacial score (nSPS) is 21.7. The number of thioether (sulfide) groups is 1. The summed E-state index contributed by atoms with van der Waals surface area (Å²) in [4.78, 5) is 0.211. The number of benzene rings is 1. The molecule has 3 N–H and O–H groups in total. The van der Waals surface area contributed by atoms with Gasteiger partial charge in [0.15, 0.2) is 0 Å². The molecule has 1 aliphatic rings. The molecule has 1 aromatic heterocycles. The van der Waals surface area contributed by atoms with Crippen LogP contribution in [0.4, 0.5) is 0 Å². The second-order valence-electron chi connectivity index (χ2n) is 5.64. The Hall–Kier alpha value is -1.29. The summed E-state index contributed by atoms with van der Waals surface area (Å²) >= 11 is 7.29. The molecule has 0 aliphatic heterocycles. The van der Waals surface area contributed by atoms with E-state index >= 15 is 0 Å². The Labute approximate surface area is 150 Å². The van der Waals surface area contributed by atoms with Crippen LogP contribution in [0.5, 0.6) is 0 Å². The number of rotatable bonds is 5. The lowest BCUT2D eigenvalue weighted by Crippen LogP contribution is -2.43. The Morgan fingerprint density at radius 1 is 1.25 bits per heavy atom. The molecule has 0 amide bonds.